The minimum absolute atomic E-state index is 0.00895. The molecule has 4 atom stereocenters. The van der Waals surface area contributed by atoms with Crippen LogP contribution in [0.15, 0.2) is 18.2 Å². The zero-order chi connectivity index (χ0) is 17.3. The van der Waals surface area contributed by atoms with Gasteiger partial charge in [0.15, 0.2) is 0 Å². The second-order valence-corrected chi connectivity index (χ2v) is 6.95. The number of fused-ring (bicyclic) bond motifs is 2. The van der Waals surface area contributed by atoms with Gasteiger partial charge in [-0.05, 0) is 55.7 Å². The summed E-state index contributed by atoms with van der Waals surface area (Å²) in [5, 5.41) is 5.54. The van der Waals surface area contributed by atoms with Crippen LogP contribution in [-0.4, -0.2) is 30.9 Å². The Hall–Kier alpha value is -1.95. The van der Waals surface area contributed by atoms with Crippen molar-refractivity contribution in [2.75, 3.05) is 13.1 Å². The molecule has 1 aromatic rings. The molecule has 3 rings (SSSR count). The van der Waals surface area contributed by atoms with Crippen molar-refractivity contribution in [2.24, 2.45) is 23.5 Å². The van der Waals surface area contributed by atoms with Crippen LogP contribution in [0.2, 0.25) is 0 Å². The van der Waals surface area contributed by atoms with Crippen LogP contribution in [0.1, 0.15) is 35.2 Å². The highest BCUT2D eigenvalue weighted by Gasteiger charge is 2.48. The smallest absolute Gasteiger partial charge is 0.251 e. The molecule has 4 unspecified atom stereocenters. The zero-order valence-electron chi connectivity index (χ0n) is 13.8. The fourth-order valence-corrected chi connectivity index (χ4v) is 4.04. The molecule has 1 aromatic carbocycles. The van der Waals surface area contributed by atoms with Crippen molar-refractivity contribution in [3.05, 3.63) is 35.1 Å². The molecule has 2 aliphatic rings. The predicted molar refractivity (Wildman–Crippen MR) is 88.8 cm³/mol. The third-order valence-electron chi connectivity index (χ3n) is 5.43. The van der Waals surface area contributed by atoms with E-state index in [0.29, 0.717) is 30.5 Å². The molecular formula is C18H24FN3O2. The Morgan fingerprint density at radius 2 is 1.92 bits per heavy atom. The summed E-state index contributed by atoms with van der Waals surface area (Å²) in [4.78, 5) is 24.2. The standard InChI is InChI=1S/C18H24FN3O2/c1-10-2-3-13(9-14(10)19)17(23)21-6-7-22-18(24)15-11-4-5-12(8-11)16(15)20/h2-3,9,11-12,15-16H,4-8,20H2,1H3,(H,21,23)(H,22,24). The molecule has 24 heavy (non-hydrogen) atoms. The lowest BCUT2D eigenvalue weighted by molar-refractivity contribution is -0.127. The first-order valence-electron chi connectivity index (χ1n) is 8.55. The van der Waals surface area contributed by atoms with Crippen LogP contribution in [-0.2, 0) is 4.79 Å². The number of rotatable bonds is 5. The molecule has 0 aromatic heterocycles. The van der Waals surface area contributed by atoms with Crippen molar-refractivity contribution in [1.29, 1.82) is 0 Å². The summed E-state index contributed by atoms with van der Waals surface area (Å²) in [7, 11) is 0. The monoisotopic (exact) mass is 333 g/mol. The Bertz CT molecular complexity index is 647. The number of nitrogens with one attached hydrogen (secondary N) is 2. The summed E-state index contributed by atoms with van der Waals surface area (Å²) in [6, 6.07) is 4.34. The largest absolute Gasteiger partial charge is 0.354 e. The molecule has 5 nitrogen and oxygen atoms in total. The number of nitrogens with two attached hydrogens (primary N) is 1. The van der Waals surface area contributed by atoms with Gasteiger partial charge in [-0.15, -0.1) is 0 Å². The number of halogens is 1. The number of hydrogen-bond donors (Lipinski definition) is 3. The number of amides is 2. The maximum atomic E-state index is 13.5. The van der Waals surface area contributed by atoms with Gasteiger partial charge in [0.05, 0.1) is 5.92 Å². The van der Waals surface area contributed by atoms with Crippen LogP contribution in [0.5, 0.6) is 0 Å². The van der Waals surface area contributed by atoms with Gasteiger partial charge in [-0.2, -0.15) is 0 Å². The lowest BCUT2D eigenvalue weighted by atomic mass is 9.84. The second kappa shape index (κ2) is 6.89. The van der Waals surface area contributed by atoms with E-state index in [9.17, 15) is 14.0 Å². The topological polar surface area (TPSA) is 84.2 Å². The molecule has 0 radical (unpaired) electrons. The summed E-state index contributed by atoms with van der Waals surface area (Å²) in [6.45, 7) is 2.29. The first-order chi connectivity index (χ1) is 11.5. The molecule has 6 heteroatoms. The van der Waals surface area contributed by atoms with Gasteiger partial charge >= 0.3 is 0 Å². The lowest BCUT2D eigenvalue weighted by Gasteiger charge is -2.27. The zero-order valence-corrected chi connectivity index (χ0v) is 13.8. The van der Waals surface area contributed by atoms with Crippen molar-refractivity contribution in [3.8, 4) is 0 Å². The molecule has 2 fully saturated rings. The number of aryl methyl sites for hydroxylation is 1. The van der Waals surface area contributed by atoms with Gasteiger partial charge in [-0.1, -0.05) is 6.07 Å². The number of benzene rings is 1. The number of carbonyl (C=O) groups is 2. The van der Waals surface area contributed by atoms with Gasteiger partial charge in [0.25, 0.3) is 5.91 Å². The SMILES string of the molecule is Cc1ccc(C(=O)NCCNC(=O)C2C3CCC(C3)C2N)cc1F. The Balaban J connectivity index is 1.43. The molecule has 2 bridgehead atoms. The van der Waals surface area contributed by atoms with Crippen LogP contribution >= 0.6 is 0 Å². The van der Waals surface area contributed by atoms with Gasteiger partial charge in [-0.3, -0.25) is 9.59 Å². The normalized spacial score (nSPS) is 28.0. The molecule has 2 aliphatic carbocycles. The van der Waals surface area contributed by atoms with E-state index in [2.05, 4.69) is 10.6 Å². The van der Waals surface area contributed by atoms with Crippen LogP contribution < -0.4 is 16.4 Å². The highest BCUT2D eigenvalue weighted by molar-refractivity contribution is 5.94. The van der Waals surface area contributed by atoms with Crippen LogP contribution in [0.3, 0.4) is 0 Å². The van der Waals surface area contributed by atoms with Crippen molar-refractivity contribution in [2.45, 2.75) is 32.2 Å². The van der Waals surface area contributed by atoms with Gasteiger partial charge in [0, 0.05) is 24.7 Å². The maximum Gasteiger partial charge on any atom is 0.251 e. The van der Waals surface area contributed by atoms with Gasteiger partial charge in [0.2, 0.25) is 5.91 Å². The van der Waals surface area contributed by atoms with Crippen molar-refractivity contribution >= 4 is 11.8 Å². The molecule has 0 saturated heterocycles. The summed E-state index contributed by atoms with van der Waals surface area (Å²) < 4.78 is 13.5. The minimum atomic E-state index is -0.402. The van der Waals surface area contributed by atoms with E-state index < -0.39 is 5.82 Å². The summed E-state index contributed by atoms with van der Waals surface area (Å²) in [5.41, 5.74) is 6.93. The Morgan fingerprint density at radius 3 is 2.58 bits per heavy atom. The fraction of sp³-hybridized carbons (Fsp3) is 0.556. The maximum absolute atomic E-state index is 13.5. The first-order valence-corrected chi connectivity index (χ1v) is 8.55. The van der Waals surface area contributed by atoms with Crippen LogP contribution in [0, 0.1) is 30.5 Å². The summed E-state index contributed by atoms with van der Waals surface area (Å²) >= 11 is 0. The third kappa shape index (κ3) is 3.29. The Labute approximate surface area is 141 Å². The minimum Gasteiger partial charge on any atom is -0.354 e. The van der Waals surface area contributed by atoms with E-state index in [-0.39, 0.29) is 29.3 Å². The molecule has 0 spiro atoms. The molecule has 2 amide bonds. The summed E-state index contributed by atoms with van der Waals surface area (Å²) in [6.07, 6.45) is 3.29. The molecule has 0 heterocycles. The van der Waals surface area contributed by atoms with E-state index >= 15 is 0 Å². The van der Waals surface area contributed by atoms with E-state index in [1.807, 2.05) is 0 Å². The quantitative estimate of drug-likeness (QED) is 0.711. The van der Waals surface area contributed by atoms with Crippen LogP contribution in [0.25, 0.3) is 0 Å². The number of hydrogen-bond acceptors (Lipinski definition) is 3. The van der Waals surface area contributed by atoms with E-state index in [4.69, 9.17) is 5.73 Å². The first kappa shape index (κ1) is 16.9. The van der Waals surface area contributed by atoms with Crippen LogP contribution in [0.4, 0.5) is 4.39 Å². The van der Waals surface area contributed by atoms with Gasteiger partial charge in [0.1, 0.15) is 5.82 Å². The highest BCUT2D eigenvalue weighted by atomic mass is 19.1. The molecule has 4 N–H and O–H groups in total. The predicted octanol–water partition coefficient (Wildman–Crippen LogP) is 1.35. The molecule has 130 valence electrons. The van der Waals surface area contributed by atoms with Gasteiger partial charge < -0.3 is 16.4 Å². The Kier molecular flexibility index (Phi) is 4.85. The Morgan fingerprint density at radius 1 is 1.21 bits per heavy atom. The van der Waals surface area contributed by atoms with E-state index in [0.717, 1.165) is 19.3 Å². The fourth-order valence-electron chi connectivity index (χ4n) is 4.04. The second-order valence-electron chi connectivity index (χ2n) is 6.95. The van der Waals surface area contributed by atoms with Crippen molar-refractivity contribution in [3.63, 3.8) is 0 Å². The molecule has 0 aliphatic heterocycles. The van der Waals surface area contributed by atoms with Crippen molar-refractivity contribution in [1.82, 2.24) is 10.6 Å². The van der Waals surface area contributed by atoms with Crippen molar-refractivity contribution < 1.29 is 14.0 Å². The average Bonchev–Trinajstić information content (AvgIpc) is 3.14. The highest BCUT2D eigenvalue weighted by Crippen LogP contribution is 2.47. The summed E-state index contributed by atoms with van der Waals surface area (Å²) in [5.74, 6) is 0.0500. The molecular weight excluding hydrogens is 309 g/mol. The average molecular weight is 333 g/mol. The number of carbonyl (C=O) groups excluding carboxylic acids is 2. The van der Waals surface area contributed by atoms with E-state index in [1.165, 1.54) is 6.07 Å². The van der Waals surface area contributed by atoms with E-state index in [1.54, 1.807) is 19.1 Å². The lowest BCUT2D eigenvalue weighted by Crippen LogP contribution is -2.46. The third-order valence-corrected chi connectivity index (χ3v) is 5.43. The molecule has 2 saturated carbocycles. The van der Waals surface area contributed by atoms with Gasteiger partial charge in [-0.25, -0.2) is 4.39 Å².